The average Bonchev–Trinajstić information content (AvgIpc) is 4.19. The molecule has 0 saturated carbocycles. The molecule has 2 unspecified atom stereocenters. The van der Waals surface area contributed by atoms with Crippen LogP contribution in [0.25, 0.3) is 57.7 Å². The van der Waals surface area contributed by atoms with Crippen LogP contribution in [-0.2, 0) is 6.42 Å². The lowest BCUT2D eigenvalue weighted by atomic mass is 9.60. The molecule has 0 fully saturated rings. The van der Waals surface area contributed by atoms with Crippen molar-refractivity contribution < 1.29 is 0 Å². The second-order valence-corrected chi connectivity index (χ2v) is 19.2. The number of nitrogens with zero attached hydrogens (tertiary/aromatic N) is 1. The summed E-state index contributed by atoms with van der Waals surface area (Å²) in [6, 6.07) is 47.5. The molecule has 0 aromatic heterocycles. The zero-order chi connectivity index (χ0) is 43.5. The van der Waals surface area contributed by atoms with Gasteiger partial charge in [0.05, 0.1) is 16.5 Å². The zero-order valence-corrected chi connectivity index (χ0v) is 36.9. The lowest BCUT2D eigenvalue weighted by Crippen LogP contribution is -2.45. The van der Waals surface area contributed by atoms with Crippen molar-refractivity contribution in [1.29, 1.82) is 0 Å². The monoisotopic (exact) mass is 837 g/mol. The quantitative estimate of drug-likeness (QED) is 0.171. The minimum absolute atomic E-state index is 0.649. The van der Waals surface area contributed by atoms with E-state index >= 15 is 0 Å². The van der Waals surface area contributed by atoms with Gasteiger partial charge in [-0.1, -0.05) is 176 Å². The number of hydrogen-bond acceptors (Lipinski definition) is 1. The van der Waals surface area contributed by atoms with Crippen LogP contribution in [0.2, 0.25) is 0 Å². The molecule has 308 valence electrons. The molecule has 66 heavy (non-hydrogen) atoms. The van der Waals surface area contributed by atoms with Crippen LogP contribution in [0.1, 0.15) is 66.8 Å². The fraction of sp³-hybridized carbons (Fsp3) is 0.0769. The first-order chi connectivity index (χ1) is 32.5. The summed E-state index contributed by atoms with van der Waals surface area (Å²) in [5.41, 5.74) is 31.4. The van der Waals surface area contributed by atoms with E-state index < -0.39 is 10.8 Å². The highest BCUT2D eigenvalue weighted by molar-refractivity contribution is 6.09. The van der Waals surface area contributed by atoms with E-state index in [1.165, 1.54) is 140 Å². The first-order valence-corrected chi connectivity index (χ1v) is 23.5. The molecule has 9 aliphatic carbocycles. The minimum Gasteiger partial charge on any atom is -0.314 e. The molecule has 0 N–H and O–H groups in total. The second-order valence-electron chi connectivity index (χ2n) is 19.2. The number of allylic oxidation sites excluding steroid dienone is 14. The van der Waals surface area contributed by atoms with E-state index in [0.717, 1.165) is 6.42 Å². The normalized spacial score (nSPS) is 22.0. The molecule has 0 bridgehead atoms. The average molecular weight is 838 g/mol. The van der Waals surface area contributed by atoms with Gasteiger partial charge in [-0.3, -0.25) is 0 Å². The molecular formula is C65H43N. The van der Waals surface area contributed by atoms with E-state index in [1.807, 2.05) is 0 Å². The molecule has 6 aromatic rings. The van der Waals surface area contributed by atoms with Gasteiger partial charge in [-0.2, -0.15) is 0 Å². The topological polar surface area (TPSA) is 3.24 Å². The third-order valence-electron chi connectivity index (χ3n) is 16.2. The van der Waals surface area contributed by atoms with E-state index in [1.54, 1.807) is 0 Å². The highest BCUT2D eigenvalue weighted by Crippen LogP contribution is 2.68. The third kappa shape index (κ3) is 4.45. The van der Waals surface area contributed by atoms with Crippen LogP contribution in [0.15, 0.2) is 222 Å². The number of benzene rings is 6. The van der Waals surface area contributed by atoms with E-state index in [0.29, 0.717) is 0 Å². The van der Waals surface area contributed by atoms with Crippen molar-refractivity contribution in [3.8, 4) is 11.1 Å². The molecule has 0 heterocycles. The van der Waals surface area contributed by atoms with Crippen LogP contribution in [0.3, 0.4) is 0 Å². The van der Waals surface area contributed by atoms with Crippen molar-refractivity contribution in [3.63, 3.8) is 0 Å². The number of aryl methyl sites for hydroxylation is 1. The van der Waals surface area contributed by atoms with Crippen molar-refractivity contribution in [2.24, 2.45) is 10.8 Å². The summed E-state index contributed by atoms with van der Waals surface area (Å²) in [6.45, 7) is 4.70. The van der Waals surface area contributed by atoms with Gasteiger partial charge in [0.25, 0.3) is 0 Å². The highest BCUT2D eigenvalue weighted by Gasteiger charge is 2.56. The summed E-state index contributed by atoms with van der Waals surface area (Å²) in [4.78, 5) is 2.80. The Balaban J connectivity index is 1.08. The van der Waals surface area contributed by atoms with Crippen molar-refractivity contribution >= 4 is 52.3 Å². The SMILES string of the molecule is Cc1cc2c(c(N(C3=CC=C4C(=Cc5ccccc54)C34C=CC=C3C4=Cc4ccccc43)C3=CC=C4C(=Cc5ccccc54)C34C=CC=C3C4=Cc4ccccc43)c1C)Cc1ccccc1-2. The van der Waals surface area contributed by atoms with E-state index in [-0.39, 0.29) is 0 Å². The van der Waals surface area contributed by atoms with Crippen molar-refractivity contribution in [2.75, 3.05) is 4.90 Å². The maximum atomic E-state index is 2.80. The van der Waals surface area contributed by atoms with Gasteiger partial charge in [0.15, 0.2) is 0 Å². The predicted octanol–water partition coefficient (Wildman–Crippen LogP) is 15.5. The van der Waals surface area contributed by atoms with Crippen LogP contribution in [0, 0.1) is 24.7 Å². The molecule has 0 radical (unpaired) electrons. The van der Waals surface area contributed by atoms with Gasteiger partial charge < -0.3 is 4.90 Å². The van der Waals surface area contributed by atoms with Crippen molar-refractivity contribution in [2.45, 2.75) is 20.3 Å². The molecule has 2 spiro atoms. The third-order valence-corrected chi connectivity index (χ3v) is 16.2. The predicted molar refractivity (Wildman–Crippen MR) is 276 cm³/mol. The maximum Gasteiger partial charge on any atom is 0.0803 e. The molecule has 0 amide bonds. The van der Waals surface area contributed by atoms with E-state index in [4.69, 9.17) is 0 Å². The van der Waals surface area contributed by atoms with E-state index in [9.17, 15) is 0 Å². The van der Waals surface area contributed by atoms with Gasteiger partial charge >= 0.3 is 0 Å². The molecular weight excluding hydrogens is 795 g/mol. The maximum absolute atomic E-state index is 2.80. The van der Waals surface area contributed by atoms with Crippen LogP contribution < -0.4 is 4.90 Å². The van der Waals surface area contributed by atoms with Gasteiger partial charge in [0.2, 0.25) is 0 Å². The molecule has 1 nitrogen and oxygen atoms in total. The largest absolute Gasteiger partial charge is 0.314 e. The van der Waals surface area contributed by atoms with Crippen LogP contribution in [0.4, 0.5) is 5.69 Å². The zero-order valence-electron chi connectivity index (χ0n) is 36.9. The second kappa shape index (κ2) is 12.8. The molecule has 6 aromatic carbocycles. The summed E-state index contributed by atoms with van der Waals surface area (Å²) in [7, 11) is 0. The summed E-state index contributed by atoms with van der Waals surface area (Å²) in [6.07, 6.45) is 35.3. The number of rotatable bonds is 3. The molecule has 15 rings (SSSR count). The minimum atomic E-state index is -0.649. The van der Waals surface area contributed by atoms with Crippen molar-refractivity contribution in [3.05, 3.63) is 289 Å². The molecule has 9 aliphatic rings. The Morgan fingerprint density at radius 1 is 0.409 bits per heavy atom. The Kier molecular flexibility index (Phi) is 7.07. The first kappa shape index (κ1) is 36.4. The lowest BCUT2D eigenvalue weighted by molar-refractivity contribution is 0.612. The summed E-state index contributed by atoms with van der Waals surface area (Å²) in [5, 5.41) is 0. The Bertz CT molecular complexity index is 3500. The van der Waals surface area contributed by atoms with Crippen LogP contribution in [0.5, 0.6) is 0 Å². The lowest BCUT2D eigenvalue weighted by Gasteiger charge is -2.52. The Hall–Kier alpha value is -8.00. The molecule has 2 atom stereocenters. The standard InChI is InChI=1S/C65H43N/c1-39-33-55-50-24-12-3-15-41(50)34-56(55)63(40(39)2)66(61-29-27-53-48-22-10-6-18-44(48)37-59(53)64(61)31-13-25-51-46-20-8-4-16-42(46)35-57(51)64)62-30-28-54-49-23-11-7-19-45(49)38-60(54)65(62)32-14-26-52-47-21-9-5-17-43(47)36-58(52)65/h3-33,35-38H,34H2,1-2H3. The van der Waals surface area contributed by atoms with Crippen LogP contribution >= 0.6 is 0 Å². The molecule has 0 aliphatic heterocycles. The van der Waals surface area contributed by atoms with Gasteiger partial charge in [0, 0.05) is 17.8 Å². The van der Waals surface area contributed by atoms with E-state index in [2.05, 4.69) is 231 Å². The fourth-order valence-corrected chi connectivity index (χ4v) is 13.2. The Morgan fingerprint density at radius 2 is 0.803 bits per heavy atom. The summed E-state index contributed by atoms with van der Waals surface area (Å²) in [5.74, 6) is 0. The number of anilines is 1. The smallest absolute Gasteiger partial charge is 0.0803 e. The van der Waals surface area contributed by atoms with Gasteiger partial charge in [-0.05, 0) is 173 Å². The molecule has 0 saturated heterocycles. The van der Waals surface area contributed by atoms with Crippen molar-refractivity contribution in [1.82, 2.24) is 0 Å². The number of hydrogen-bond donors (Lipinski definition) is 0. The van der Waals surface area contributed by atoms with Crippen LogP contribution in [-0.4, -0.2) is 0 Å². The van der Waals surface area contributed by atoms with Gasteiger partial charge in [0.1, 0.15) is 0 Å². The Labute approximate surface area is 386 Å². The summed E-state index contributed by atoms with van der Waals surface area (Å²) < 4.78 is 0. The van der Waals surface area contributed by atoms with Gasteiger partial charge in [-0.15, -0.1) is 0 Å². The number of fused-ring (bicyclic) bond motifs is 19. The molecule has 1 heteroatoms. The Morgan fingerprint density at radius 3 is 1.26 bits per heavy atom. The first-order valence-electron chi connectivity index (χ1n) is 23.5. The summed E-state index contributed by atoms with van der Waals surface area (Å²) >= 11 is 0. The fourth-order valence-electron chi connectivity index (χ4n) is 13.2. The highest BCUT2D eigenvalue weighted by atomic mass is 15.2. The van der Waals surface area contributed by atoms with Gasteiger partial charge in [-0.25, -0.2) is 0 Å².